The number of thiazole rings is 1. The monoisotopic (exact) mass is 279 g/mol. The van der Waals surface area contributed by atoms with Gasteiger partial charge in [-0.1, -0.05) is 12.2 Å². The van der Waals surface area contributed by atoms with Crippen molar-refractivity contribution in [2.45, 2.75) is 19.9 Å². The summed E-state index contributed by atoms with van der Waals surface area (Å²) in [6, 6.07) is 1.73. The molecule has 0 aliphatic carbocycles. The van der Waals surface area contributed by atoms with Gasteiger partial charge in [-0.25, -0.2) is 15.0 Å². The van der Waals surface area contributed by atoms with Crippen molar-refractivity contribution in [1.82, 2.24) is 15.0 Å². The Hall–Kier alpha value is -1.60. The molecule has 0 saturated heterocycles. The molecule has 0 saturated carbocycles. The van der Waals surface area contributed by atoms with Crippen molar-refractivity contribution in [3.63, 3.8) is 0 Å². The van der Waals surface area contributed by atoms with Gasteiger partial charge in [0, 0.05) is 17.3 Å². The summed E-state index contributed by atoms with van der Waals surface area (Å²) in [5.41, 5.74) is 6.09. The molecule has 2 heterocycles. The first kappa shape index (κ1) is 12.8. The molecule has 1 unspecified atom stereocenters. The Balaban J connectivity index is 2.14. The summed E-state index contributed by atoms with van der Waals surface area (Å²) in [4.78, 5) is 14.1. The van der Waals surface area contributed by atoms with Gasteiger partial charge in [0.1, 0.15) is 15.7 Å². The Bertz CT molecular complexity index is 566. The molecular weight excluding hydrogens is 266 g/mol. The maximum Gasteiger partial charge on any atom is 0.223 e. The Labute approximate surface area is 114 Å². The van der Waals surface area contributed by atoms with Gasteiger partial charge in [0.05, 0.1) is 6.04 Å². The lowest BCUT2D eigenvalue weighted by atomic mass is 10.3. The molecule has 0 radical (unpaired) electrons. The second-order valence-electron chi connectivity index (χ2n) is 3.80. The Morgan fingerprint density at radius 3 is 2.89 bits per heavy atom. The maximum absolute atomic E-state index is 5.53. The van der Waals surface area contributed by atoms with E-state index in [4.69, 9.17) is 18.0 Å². The van der Waals surface area contributed by atoms with Crippen molar-refractivity contribution in [3.8, 4) is 0 Å². The number of nitrogens with one attached hydrogen (secondary N) is 1. The fraction of sp³-hybridized carbons (Fsp3) is 0.273. The standard InChI is InChI=1S/C11H13N5S2/c1-6-5-14-10(18-6)7(2)15-11-13-4-3-8(16-11)9(12)17/h3-5,7H,1-2H3,(H2,12,17)(H,13,15,16). The SMILES string of the molecule is Cc1cnc(C(C)Nc2nccc(C(N)=S)n2)s1. The summed E-state index contributed by atoms with van der Waals surface area (Å²) >= 11 is 6.53. The lowest BCUT2D eigenvalue weighted by Gasteiger charge is -2.11. The highest BCUT2D eigenvalue weighted by Gasteiger charge is 2.11. The highest BCUT2D eigenvalue weighted by Crippen LogP contribution is 2.21. The van der Waals surface area contributed by atoms with E-state index in [0.29, 0.717) is 11.6 Å². The third kappa shape index (κ3) is 2.99. The number of rotatable bonds is 4. The highest BCUT2D eigenvalue weighted by molar-refractivity contribution is 7.80. The molecule has 0 aliphatic heterocycles. The zero-order chi connectivity index (χ0) is 13.1. The van der Waals surface area contributed by atoms with Gasteiger partial charge in [-0.05, 0) is 19.9 Å². The van der Waals surface area contributed by atoms with Crippen LogP contribution in [0.15, 0.2) is 18.5 Å². The normalized spacial score (nSPS) is 12.1. The van der Waals surface area contributed by atoms with Gasteiger partial charge >= 0.3 is 0 Å². The van der Waals surface area contributed by atoms with Gasteiger partial charge in [-0.3, -0.25) is 0 Å². The summed E-state index contributed by atoms with van der Waals surface area (Å²) in [7, 11) is 0. The van der Waals surface area contributed by atoms with Crippen LogP contribution in [0.25, 0.3) is 0 Å². The molecule has 2 aromatic rings. The van der Waals surface area contributed by atoms with Crippen molar-refractivity contribution in [2.24, 2.45) is 5.73 Å². The van der Waals surface area contributed by atoms with E-state index in [1.165, 1.54) is 4.88 Å². The van der Waals surface area contributed by atoms with Crippen LogP contribution in [0.1, 0.15) is 28.5 Å². The molecular formula is C11H13N5S2. The molecule has 0 spiro atoms. The molecule has 1 atom stereocenters. The van der Waals surface area contributed by atoms with Gasteiger partial charge in [0.25, 0.3) is 0 Å². The van der Waals surface area contributed by atoms with Gasteiger partial charge in [0.15, 0.2) is 0 Å². The number of anilines is 1. The van der Waals surface area contributed by atoms with E-state index in [1.807, 2.05) is 20.0 Å². The minimum absolute atomic E-state index is 0.0466. The average Bonchev–Trinajstić information content (AvgIpc) is 2.76. The summed E-state index contributed by atoms with van der Waals surface area (Å²) in [6.07, 6.45) is 3.48. The van der Waals surface area contributed by atoms with Gasteiger partial charge in [-0.15, -0.1) is 11.3 Å². The Kier molecular flexibility index (Phi) is 3.83. The molecule has 0 aliphatic rings. The summed E-state index contributed by atoms with van der Waals surface area (Å²) in [5, 5.41) is 4.17. The van der Waals surface area contributed by atoms with Crippen molar-refractivity contribution >= 4 is 34.5 Å². The molecule has 0 aromatic carbocycles. The smallest absolute Gasteiger partial charge is 0.223 e. The van der Waals surface area contributed by atoms with Crippen LogP contribution in [-0.4, -0.2) is 19.9 Å². The Morgan fingerprint density at radius 1 is 1.50 bits per heavy atom. The van der Waals surface area contributed by atoms with Crippen LogP contribution in [-0.2, 0) is 0 Å². The first-order chi connectivity index (χ1) is 8.56. The van der Waals surface area contributed by atoms with E-state index in [0.717, 1.165) is 5.01 Å². The van der Waals surface area contributed by atoms with Crippen molar-refractivity contribution in [3.05, 3.63) is 34.0 Å². The topological polar surface area (TPSA) is 76.7 Å². The lowest BCUT2D eigenvalue weighted by Crippen LogP contribution is -2.15. The number of aryl methyl sites for hydroxylation is 1. The average molecular weight is 279 g/mol. The molecule has 0 amide bonds. The largest absolute Gasteiger partial charge is 0.388 e. The van der Waals surface area contributed by atoms with Crippen LogP contribution in [0.4, 0.5) is 5.95 Å². The van der Waals surface area contributed by atoms with Crippen LogP contribution in [0.2, 0.25) is 0 Å². The summed E-state index contributed by atoms with van der Waals surface area (Å²) in [5.74, 6) is 0.501. The second kappa shape index (κ2) is 5.36. The van der Waals surface area contributed by atoms with Crippen LogP contribution in [0.5, 0.6) is 0 Å². The quantitative estimate of drug-likeness (QED) is 0.834. The summed E-state index contributed by atoms with van der Waals surface area (Å²) < 4.78 is 0. The molecule has 0 bridgehead atoms. The lowest BCUT2D eigenvalue weighted by molar-refractivity contribution is 0.847. The predicted molar refractivity (Wildman–Crippen MR) is 76.8 cm³/mol. The van der Waals surface area contributed by atoms with E-state index < -0.39 is 0 Å². The Morgan fingerprint density at radius 2 is 2.28 bits per heavy atom. The maximum atomic E-state index is 5.53. The first-order valence-electron chi connectivity index (χ1n) is 5.38. The van der Waals surface area contributed by atoms with Crippen molar-refractivity contribution in [2.75, 3.05) is 5.32 Å². The molecule has 2 aromatic heterocycles. The van der Waals surface area contributed by atoms with Crippen LogP contribution in [0, 0.1) is 6.92 Å². The molecule has 2 rings (SSSR count). The van der Waals surface area contributed by atoms with Crippen molar-refractivity contribution < 1.29 is 0 Å². The first-order valence-corrected chi connectivity index (χ1v) is 6.60. The third-order valence-corrected chi connectivity index (χ3v) is 3.57. The van der Waals surface area contributed by atoms with Gasteiger partial charge in [0.2, 0.25) is 5.95 Å². The van der Waals surface area contributed by atoms with E-state index in [2.05, 4.69) is 20.3 Å². The predicted octanol–water partition coefficient (Wildman–Crippen LogP) is 2.05. The molecule has 18 heavy (non-hydrogen) atoms. The molecule has 7 heteroatoms. The van der Waals surface area contributed by atoms with Crippen molar-refractivity contribution in [1.29, 1.82) is 0 Å². The molecule has 3 N–H and O–H groups in total. The number of nitrogens with two attached hydrogens (primary N) is 1. The number of aromatic nitrogens is 3. The minimum Gasteiger partial charge on any atom is -0.388 e. The van der Waals surface area contributed by atoms with Crippen LogP contribution in [0.3, 0.4) is 0 Å². The minimum atomic E-state index is 0.0466. The molecule has 0 fully saturated rings. The van der Waals surface area contributed by atoms with Crippen LogP contribution < -0.4 is 11.1 Å². The van der Waals surface area contributed by atoms with E-state index >= 15 is 0 Å². The van der Waals surface area contributed by atoms with E-state index in [1.54, 1.807) is 23.6 Å². The fourth-order valence-corrected chi connectivity index (χ4v) is 2.28. The third-order valence-electron chi connectivity index (χ3n) is 2.26. The zero-order valence-corrected chi connectivity index (χ0v) is 11.7. The van der Waals surface area contributed by atoms with Gasteiger partial charge in [-0.2, -0.15) is 0 Å². The molecule has 94 valence electrons. The fourth-order valence-electron chi connectivity index (χ4n) is 1.39. The second-order valence-corrected chi connectivity index (χ2v) is 5.51. The van der Waals surface area contributed by atoms with Crippen LogP contribution >= 0.6 is 23.6 Å². The van der Waals surface area contributed by atoms with Gasteiger partial charge < -0.3 is 11.1 Å². The number of hydrogen-bond donors (Lipinski definition) is 2. The van der Waals surface area contributed by atoms with E-state index in [9.17, 15) is 0 Å². The highest BCUT2D eigenvalue weighted by atomic mass is 32.1. The summed E-state index contributed by atoms with van der Waals surface area (Å²) in [6.45, 7) is 4.03. The number of nitrogens with zero attached hydrogens (tertiary/aromatic N) is 3. The number of thiocarbonyl (C=S) groups is 1. The molecule has 5 nitrogen and oxygen atoms in total. The van der Waals surface area contributed by atoms with E-state index in [-0.39, 0.29) is 11.0 Å². The zero-order valence-electron chi connectivity index (χ0n) is 10.0. The number of hydrogen-bond acceptors (Lipinski definition) is 6.